The lowest BCUT2D eigenvalue weighted by molar-refractivity contribution is -0.118. The molecule has 0 fully saturated rings. The minimum absolute atomic E-state index is 0.256. The number of rotatable bonds is 5. The van der Waals surface area contributed by atoms with E-state index < -0.39 is 5.97 Å². The Morgan fingerprint density at radius 1 is 1.04 bits per heavy atom. The van der Waals surface area contributed by atoms with Crippen LogP contribution >= 0.6 is 23.2 Å². The summed E-state index contributed by atoms with van der Waals surface area (Å²) >= 11 is 12.4. The summed E-state index contributed by atoms with van der Waals surface area (Å²) in [7, 11) is 1.28. The lowest BCUT2D eigenvalue weighted by Gasteiger charge is -2.13. The predicted octanol–water partition coefficient (Wildman–Crippen LogP) is 4.95. The third-order valence-corrected chi connectivity index (χ3v) is 4.28. The van der Waals surface area contributed by atoms with Crippen LogP contribution < -0.4 is 10.1 Å². The van der Waals surface area contributed by atoms with E-state index in [9.17, 15) is 9.59 Å². The Bertz CT molecular complexity index is 1010. The van der Waals surface area contributed by atoms with Gasteiger partial charge in [0.25, 0.3) is 5.91 Å². The Hall–Kier alpha value is -2.76. The van der Waals surface area contributed by atoms with Crippen LogP contribution in [0.5, 0.6) is 5.75 Å². The maximum atomic E-state index is 12.2. The van der Waals surface area contributed by atoms with Crippen molar-refractivity contribution in [1.82, 2.24) is 0 Å². The summed E-state index contributed by atoms with van der Waals surface area (Å²) in [4.78, 5) is 24.1. The zero-order valence-electron chi connectivity index (χ0n) is 14.3. The Kier molecular flexibility index (Phi) is 5.84. The van der Waals surface area contributed by atoms with Crippen molar-refractivity contribution in [2.24, 2.45) is 0 Å². The van der Waals surface area contributed by atoms with E-state index in [1.54, 1.807) is 30.3 Å². The van der Waals surface area contributed by atoms with E-state index in [0.29, 0.717) is 26.5 Å². The Balaban J connectivity index is 1.90. The summed E-state index contributed by atoms with van der Waals surface area (Å²) in [6, 6.07) is 15.3. The molecule has 0 radical (unpaired) electrons. The smallest absolute Gasteiger partial charge is 0.338 e. The number of carbonyl (C=O) groups is 2. The summed E-state index contributed by atoms with van der Waals surface area (Å²) < 4.78 is 10.4. The van der Waals surface area contributed by atoms with Crippen LogP contribution in [-0.2, 0) is 9.53 Å². The van der Waals surface area contributed by atoms with Gasteiger partial charge in [0.1, 0.15) is 5.75 Å². The molecule has 0 bridgehead atoms. The maximum Gasteiger partial charge on any atom is 0.338 e. The second kappa shape index (κ2) is 8.29. The molecule has 1 N–H and O–H groups in total. The standard InChI is InChI=1S/C20H15Cl2NO4/c1-26-20(25)13-7-12-8-14(21)10-16(22)19(12)17(9-13)27-11-18(24)23-15-5-3-2-4-6-15/h2-10H,11H2,1H3,(H,23,24). The zero-order valence-corrected chi connectivity index (χ0v) is 15.8. The number of amides is 1. The highest BCUT2D eigenvalue weighted by Gasteiger charge is 2.16. The van der Waals surface area contributed by atoms with Crippen molar-refractivity contribution >= 4 is 51.5 Å². The summed E-state index contributed by atoms with van der Waals surface area (Å²) in [6.45, 7) is -0.256. The molecule has 0 aromatic heterocycles. The van der Waals surface area contributed by atoms with E-state index in [-0.39, 0.29) is 23.8 Å². The molecule has 0 aliphatic carbocycles. The number of para-hydroxylation sites is 1. The molecule has 3 aromatic carbocycles. The number of carbonyl (C=O) groups excluding carboxylic acids is 2. The average molecular weight is 404 g/mol. The molecule has 3 aromatic rings. The molecule has 0 saturated carbocycles. The molecule has 0 unspecified atom stereocenters. The SMILES string of the molecule is COC(=O)c1cc(OCC(=O)Nc2ccccc2)c2c(Cl)cc(Cl)cc2c1. The van der Waals surface area contributed by atoms with Gasteiger partial charge >= 0.3 is 5.97 Å². The third-order valence-electron chi connectivity index (χ3n) is 3.77. The number of hydrogen-bond acceptors (Lipinski definition) is 4. The number of hydrogen-bond donors (Lipinski definition) is 1. The van der Waals surface area contributed by atoms with Gasteiger partial charge in [0.2, 0.25) is 0 Å². The molecule has 0 heterocycles. The van der Waals surface area contributed by atoms with Gasteiger partial charge in [-0.25, -0.2) is 4.79 Å². The fourth-order valence-electron chi connectivity index (χ4n) is 2.60. The molecule has 0 saturated heterocycles. The van der Waals surface area contributed by atoms with Crippen molar-refractivity contribution in [2.75, 3.05) is 19.0 Å². The molecule has 0 spiro atoms. The van der Waals surface area contributed by atoms with Crippen LogP contribution in [-0.4, -0.2) is 25.6 Å². The highest BCUT2D eigenvalue weighted by atomic mass is 35.5. The number of esters is 1. The van der Waals surface area contributed by atoms with Crippen molar-refractivity contribution < 1.29 is 19.1 Å². The lowest BCUT2D eigenvalue weighted by atomic mass is 10.1. The molecular weight excluding hydrogens is 389 g/mol. The molecule has 138 valence electrons. The monoisotopic (exact) mass is 403 g/mol. The van der Waals surface area contributed by atoms with Gasteiger partial charge in [-0.2, -0.15) is 0 Å². The second-order valence-electron chi connectivity index (χ2n) is 5.65. The van der Waals surface area contributed by atoms with E-state index in [1.165, 1.54) is 13.2 Å². The Labute approximate surface area is 165 Å². The second-order valence-corrected chi connectivity index (χ2v) is 6.50. The topological polar surface area (TPSA) is 64.6 Å². The van der Waals surface area contributed by atoms with Crippen LogP contribution in [0.3, 0.4) is 0 Å². The largest absolute Gasteiger partial charge is 0.483 e. The highest BCUT2D eigenvalue weighted by molar-refractivity contribution is 6.39. The van der Waals surface area contributed by atoms with E-state index in [0.717, 1.165) is 0 Å². The fraction of sp³-hybridized carbons (Fsp3) is 0.100. The highest BCUT2D eigenvalue weighted by Crippen LogP contribution is 2.36. The number of halogens is 2. The van der Waals surface area contributed by atoms with Crippen molar-refractivity contribution in [2.45, 2.75) is 0 Å². The number of anilines is 1. The van der Waals surface area contributed by atoms with E-state index in [4.69, 9.17) is 32.7 Å². The minimum atomic E-state index is -0.536. The van der Waals surface area contributed by atoms with Gasteiger partial charge in [-0.05, 0) is 41.8 Å². The van der Waals surface area contributed by atoms with E-state index >= 15 is 0 Å². The Morgan fingerprint density at radius 3 is 2.48 bits per heavy atom. The molecule has 27 heavy (non-hydrogen) atoms. The molecule has 0 aliphatic rings. The molecule has 1 amide bonds. The molecule has 3 rings (SSSR count). The van der Waals surface area contributed by atoms with E-state index in [2.05, 4.69) is 5.32 Å². The average Bonchev–Trinajstić information content (AvgIpc) is 2.65. The molecule has 0 atom stereocenters. The van der Waals surface area contributed by atoms with Crippen LogP contribution in [0.25, 0.3) is 10.8 Å². The summed E-state index contributed by atoms with van der Waals surface area (Å²) in [6.07, 6.45) is 0. The van der Waals surface area contributed by atoms with E-state index in [1.807, 2.05) is 18.2 Å². The summed E-state index contributed by atoms with van der Waals surface area (Å²) in [5, 5.41) is 4.66. The van der Waals surface area contributed by atoms with Gasteiger partial charge in [-0.3, -0.25) is 4.79 Å². The first-order valence-corrected chi connectivity index (χ1v) is 8.72. The number of ether oxygens (including phenoxy) is 2. The van der Waals surface area contributed by atoms with Gasteiger partial charge < -0.3 is 14.8 Å². The molecular formula is C20H15Cl2NO4. The predicted molar refractivity (Wildman–Crippen MR) is 106 cm³/mol. The van der Waals surface area contributed by atoms with Gasteiger partial charge in [0, 0.05) is 16.1 Å². The number of nitrogens with one attached hydrogen (secondary N) is 1. The van der Waals surface area contributed by atoms with Gasteiger partial charge in [0.05, 0.1) is 17.7 Å². The number of fused-ring (bicyclic) bond motifs is 1. The lowest BCUT2D eigenvalue weighted by Crippen LogP contribution is -2.20. The molecule has 7 heteroatoms. The van der Waals surface area contributed by atoms with Crippen LogP contribution in [0, 0.1) is 0 Å². The van der Waals surface area contributed by atoms with Gasteiger partial charge in [0.15, 0.2) is 6.61 Å². The van der Waals surface area contributed by atoms with Crippen LogP contribution in [0.15, 0.2) is 54.6 Å². The van der Waals surface area contributed by atoms with Crippen LogP contribution in [0.4, 0.5) is 5.69 Å². The number of benzene rings is 3. The van der Waals surface area contributed by atoms with Gasteiger partial charge in [-0.1, -0.05) is 41.4 Å². The zero-order chi connectivity index (χ0) is 19.4. The summed E-state index contributed by atoms with van der Waals surface area (Å²) in [5.41, 5.74) is 0.922. The van der Waals surface area contributed by atoms with Crippen molar-refractivity contribution in [3.63, 3.8) is 0 Å². The Morgan fingerprint density at radius 2 is 1.78 bits per heavy atom. The molecule has 0 aliphatic heterocycles. The fourth-order valence-corrected chi connectivity index (χ4v) is 3.20. The quantitative estimate of drug-likeness (QED) is 0.612. The summed E-state index contributed by atoms with van der Waals surface area (Å²) in [5.74, 6) is -0.590. The number of methoxy groups -OCH3 is 1. The first-order valence-electron chi connectivity index (χ1n) is 7.97. The van der Waals surface area contributed by atoms with Crippen LogP contribution in [0.1, 0.15) is 10.4 Å². The van der Waals surface area contributed by atoms with Crippen LogP contribution in [0.2, 0.25) is 10.0 Å². The maximum absolute atomic E-state index is 12.2. The van der Waals surface area contributed by atoms with Crippen molar-refractivity contribution in [3.05, 3.63) is 70.2 Å². The molecule has 5 nitrogen and oxygen atoms in total. The normalized spacial score (nSPS) is 10.5. The van der Waals surface area contributed by atoms with Gasteiger partial charge in [-0.15, -0.1) is 0 Å². The third kappa shape index (κ3) is 4.51. The first kappa shape index (κ1) is 19.0. The first-order chi connectivity index (χ1) is 13.0. The van der Waals surface area contributed by atoms with Crippen molar-refractivity contribution in [3.8, 4) is 5.75 Å². The minimum Gasteiger partial charge on any atom is -0.483 e. The van der Waals surface area contributed by atoms with Crippen molar-refractivity contribution in [1.29, 1.82) is 0 Å².